The maximum Gasteiger partial charge on any atom is 0.135 e. The first-order valence-corrected chi connectivity index (χ1v) is 13.7. The van der Waals surface area contributed by atoms with Gasteiger partial charge in [-0.15, -0.1) is 0 Å². The molecule has 0 bridgehead atoms. The Morgan fingerprint density at radius 1 is 0.912 bits per heavy atom. The van der Waals surface area contributed by atoms with Gasteiger partial charge in [0, 0.05) is 21.8 Å². The minimum atomic E-state index is -0.163. The van der Waals surface area contributed by atoms with Crippen molar-refractivity contribution in [2.24, 2.45) is 4.99 Å². The fraction of sp³-hybridized carbons (Fsp3) is 0.222. The lowest BCUT2D eigenvalue weighted by Crippen LogP contribution is -2.31. The summed E-state index contributed by atoms with van der Waals surface area (Å²) in [7, 11) is 3.49. The maximum absolute atomic E-state index is 5.95. The first kappa shape index (κ1) is 23.0. The zero-order valence-corrected chi connectivity index (χ0v) is 21.6. The molecule has 1 aromatic heterocycles. The van der Waals surface area contributed by atoms with Crippen molar-refractivity contribution >= 4 is 43.7 Å². The number of anilines is 1. The molecule has 0 atom stereocenters. The van der Waals surface area contributed by atoms with Gasteiger partial charge in [0.2, 0.25) is 0 Å². The third kappa shape index (κ3) is 4.71. The second-order valence-electron chi connectivity index (χ2n) is 8.59. The van der Waals surface area contributed by atoms with Crippen molar-refractivity contribution in [2.45, 2.75) is 32.9 Å². The Balaban J connectivity index is 1.44. The third-order valence-corrected chi connectivity index (χ3v) is 8.51. The molecule has 4 nitrogen and oxygen atoms in total. The second kappa shape index (κ2) is 9.45. The summed E-state index contributed by atoms with van der Waals surface area (Å²) in [6, 6.07) is 21.8. The summed E-state index contributed by atoms with van der Waals surface area (Å²) < 4.78 is 12.7. The van der Waals surface area contributed by atoms with Crippen LogP contribution in [0.4, 0.5) is 11.4 Å². The van der Waals surface area contributed by atoms with E-state index in [0.717, 1.165) is 43.7 Å². The monoisotopic (exact) mass is 508 g/mol. The minimum absolute atomic E-state index is 0.163. The van der Waals surface area contributed by atoms with E-state index in [1.807, 2.05) is 61.5 Å². The van der Waals surface area contributed by atoms with Gasteiger partial charge in [-0.3, -0.25) is 0 Å². The van der Waals surface area contributed by atoms with Gasteiger partial charge in [-0.2, -0.15) is 0 Å². The van der Waals surface area contributed by atoms with Crippen LogP contribution in [-0.2, 0) is 12.1 Å². The summed E-state index contributed by atoms with van der Waals surface area (Å²) in [6.45, 7) is 7.56. The molecule has 3 aromatic carbocycles. The molecule has 0 amide bonds. The molecule has 0 saturated heterocycles. The number of ether oxygens (including phenoxy) is 2. The van der Waals surface area contributed by atoms with Crippen LogP contribution in [0.2, 0.25) is 5.02 Å². The molecular weight excluding hydrogens is 484 g/mol. The molecule has 5 rings (SSSR count). The molecule has 0 spiro atoms. The number of fused-ring (bicyclic) bond motifs is 3. The normalized spacial score (nSPS) is 14.2. The average molecular weight is 509 g/mol. The Bertz CT molecular complexity index is 1370. The van der Waals surface area contributed by atoms with Crippen molar-refractivity contribution in [3.05, 3.63) is 86.9 Å². The lowest BCUT2D eigenvalue weighted by atomic mass is 9.90. The quantitative estimate of drug-likeness (QED) is 0.268. The Morgan fingerprint density at radius 2 is 1.65 bits per heavy atom. The molecule has 0 unspecified atom stereocenters. The van der Waals surface area contributed by atoms with Gasteiger partial charge in [-0.1, -0.05) is 44.4 Å². The Kier molecular flexibility index (Phi) is 6.38. The van der Waals surface area contributed by atoms with E-state index in [-0.39, 0.29) is 5.54 Å². The highest BCUT2D eigenvalue weighted by atomic mass is 35.5. The predicted octanol–water partition coefficient (Wildman–Crippen LogP) is 8.00. The number of benzene rings is 3. The molecule has 34 heavy (non-hydrogen) atoms. The van der Waals surface area contributed by atoms with E-state index in [1.165, 1.54) is 10.4 Å². The Labute approximate surface area is 211 Å². The van der Waals surface area contributed by atoms with Gasteiger partial charge in [-0.05, 0) is 80.9 Å². The van der Waals surface area contributed by atoms with E-state index in [9.17, 15) is 0 Å². The summed E-state index contributed by atoms with van der Waals surface area (Å²) >= 11 is 5.95. The fourth-order valence-corrected chi connectivity index (χ4v) is 7.02. The van der Waals surface area contributed by atoms with Gasteiger partial charge in [0.15, 0.2) is 0 Å². The molecule has 2 heterocycles. The van der Waals surface area contributed by atoms with Crippen molar-refractivity contribution in [1.29, 1.82) is 0 Å². The summed E-state index contributed by atoms with van der Waals surface area (Å²) in [5, 5.41) is 4.40. The molecule has 0 fully saturated rings. The highest BCUT2D eigenvalue weighted by Gasteiger charge is 2.33. The maximum atomic E-state index is 5.95. The highest BCUT2D eigenvalue weighted by Crippen LogP contribution is 2.46. The topological polar surface area (TPSA) is 42.9 Å². The Morgan fingerprint density at radius 3 is 2.38 bits per heavy atom. The fourth-order valence-electron chi connectivity index (χ4n) is 3.96. The molecule has 1 aliphatic rings. The summed E-state index contributed by atoms with van der Waals surface area (Å²) in [6.07, 6.45) is 0. The van der Waals surface area contributed by atoms with Crippen LogP contribution in [0.5, 0.6) is 11.5 Å². The van der Waals surface area contributed by atoms with Crippen molar-refractivity contribution in [1.82, 2.24) is 0 Å². The SMILES string of the molecule is CCOc1ccc2c(c1)-c1c(ssc1=Nc1ccc(OCc3ccc(Cl)cc3)cc1)C(C)(C)N2. The van der Waals surface area contributed by atoms with E-state index in [1.54, 1.807) is 20.7 Å². The smallest absolute Gasteiger partial charge is 0.135 e. The molecule has 7 heteroatoms. The third-order valence-electron chi connectivity index (χ3n) is 5.62. The van der Waals surface area contributed by atoms with Crippen LogP contribution in [0.25, 0.3) is 11.1 Å². The van der Waals surface area contributed by atoms with Crippen molar-refractivity contribution in [2.75, 3.05) is 11.9 Å². The highest BCUT2D eigenvalue weighted by molar-refractivity contribution is 7.68. The van der Waals surface area contributed by atoms with Gasteiger partial charge in [0.05, 0.1) is 22.7 Å². The summed E-state index contributed by atoms with van der Waals surface area (Å²) in [4.78, 5) is 6.31. The van der Waals surface area contributed by atoms with E-state index in [0.29, 0.717) is 13.2 Å². The van der Waals surface area contributed by atoms with Crippen molar-refractivity contribution < 1.29 is 9.47 Å². The number of rotatable bonds is 6. The average Bonchev–Trinajstić information content (AvgIpc) is 3.25. The van der Waals surface area contributed by atoms with E-state index in [2.05, 4.69) is 31.3 Å². The standard InChI is InChI=1S/C27H25ClN2O2S2/c1-4-31-21-13-14-23-22(15-21)24-25(27(2,3)30-23)33-34-26(24)29-19-9-11-20(12-10-19)32-16-17-5-7-18(28)8-6-17/h5-15,30H,4,16H2,1-3H3. The molecular formula is C27H25ClN2O2S2. The van der Waals surface area contributed by atoms with Crippen LogP contribution >= 0.6 is 32.3 Å². The molecule has 0 radical (unpaired) electrons. The lowest BCUT2D eigenvalue weighted by molar-refractivity contribution is 0.306. The Hall–Kier alpha value is -2.80. The second-order valence-corrected chi connectivity index (χ2v) is 11.2. The molecule has 174 valence electrons. The number of hydrogen-bond donors (Lipinski definition) is 1. The first-order chi connectivity index (χ1) is 16.4. The van der Waals surface area contributed by atoms with Crippen molar-refractivity contribution in [3.63, 3.8) is 0 Å². The van der Waals surface area contributed by atoms with Gasteiger partial charge in [0.1, 0.15) is 22.8 Å². The first-order valence-electron chi connectivity index (χ1n) is 11.1. The van der Waals surface area contributed by atoms with Crippen LogP contribution < -0.4 is 19.5 Å². The van der Waals surface area contributed by atoms with E-state index in [4.69, 9.17) is 26.1 Å². The summed E-state index contributed by atoms with van der Waals surface area (Å²) in [5.41, 5.74) is 5.25. The lowest BCUT2D eigenvalue weighted by Gasteiger charge is -2.33. The van der Waals surface area contributed by atoms with Gasteiger partial charge in [-0.25, -0.2) is 4.99 Å². The number of halogens is 1. The van der Waals surface area contributed by atoms with Crippen LogP contribution in [0.3, 0.4) is 0 Å². The van der Waals surface area contributed by atoms with Crippen LogP contribution in [0, 0.1) is 0 Å². The number of nitrogens with one attached hydrogen (secondary N) is 1. The zero-order chi connectivity index (χ0) is 23.7. The van der Waals surface area contributed by atoms with Crippen LogP contribution in [0.1, 0.15) is 31.2 Å². The van der Waals surface area contributed by atoms with Gasteiger partial charge >= 0.3 is 0 Å². The number of nitrogens with zero attached hydrogens (tertiary/aromatic N) is 1. The van der Waals surface area contributed by atoms with Crippen LogP contribution in [0.15, 0.2) is 71.7 Å². The minimum Gasteiger partial charge on any atom is -0.494 e. The molecule has 1 N–H and O–H groups in total. The van der Waals surface area contributed by atoms with Gasteiger partial charge < -0.3 is 14.8 Å². The molecule has 0 aliphatic carbocycles. The van der Waals surface area contributed by atoms with E-state index < -0.39 is 0 Å². The number of hydrogen-bond acceptors (Lipinski definition) is 6. The largest absolute Gasteiger partial charge is 0.494 e. The van der Waals surface area contributed by atoms with Gasteiger partial charge in [0.25, 0.3) is 0 Å². The van der Waals surface area contributed by atoms with E-state index >= 15 is 0 Å². The predicted molar refractivity (Wildman–Crippen MR) is 143 cm³/mol. The van der Waals surface area contributed by atoms with Crippen LogP contribution in [-0.4, -0.2) is 6.61 Å². The molecule has 0 saturated carbocycles. The molecule has 4 aromatic rings. The summed E-state index contributed by atoms with van der Waals surface area (Å²) in [5.74, 6) is 1.68. The molecule has 1 aliphatic heterocycles. The van der Waals surface area contributed by atoms with Crippen molar-refractivity contribution in [3.8, 4) is 22.6 Å². The zero-order valence-electron chi connectivity index (χ0n) is 19.2.